The van der Waals surface area contributed by atoms with E-state index in [1.54, 1.807) is 6.20 Å². The minimum Gasteiger partial charge on any atom is -1.00 e. The van der Waals surface area contributed by atoms with Crippen LogP contribution in [0.4, 0.5) is 0 Å². The standard InChI is InChI=1S/C6H7N.ClH.2H3N.Pt/c1-6-3-2-4-7-5-6;;;;/h2-5H,1H3;1H;2*1H3;/q;;;;+2/p-1. The van der Waals surface area contributed by atoms with Crippen molar-refractivity contribution in [3.05, 3.63) is 30.1 Å². The van der Waals surface area contributed by atoms with Crippen LogP contribution in [-0.4, -0.2) is 4.98 Å². The van der Waals surface area contributed by atoms with Gasteiger partial charge in [-0.15, -0.1) is 0 Å². The second-order valence-electron chi connectivity index (χ2n) is 1.53. The predicted octanol–water partition coefficient (Wildman–Crippen LogP) is -1.28. The number of pyridine rings is 1. The van der Waals surface area contributed by atoms with E-state index >= 15 is 0 Å². The van der Waals surface area contributed by atoms with Crippen molar-refractivity contribution < 1.29 is 33.5 Å². The first-order chi connectivity index (χ1) is 3.39. The average molecular weight is 358 g/mol. The number of halogens is 1. The molecule has 1 aromatic rings. The summed E-state index contributed by atoms with van der Waals surface area (Å²) in [6.07, 6.45) is 3.60. The predicted molar refractivity (Wildman–Crippen MR) is 39.0 cm³/mol. The molecule has 1 heterocycles. The van der Waals surface area contributed by atoms with E-state index in [0.29, 0.717) is 0 Å². The molecule has 0 aliphatic rings. The number of aromatic nitrogens is 1. The van der Waals surface area contributed by atoms with Crippen LogP contribution in [0.3, 0.4) is 0 Å². The third-order valence-electron chi connectivity index (χ3n) is 0.809. The largest absolute Gasteiger partial charge is 2.00 e. The van der Waals surface area contributed by atoms with E-state index in [4.69, 9.17) is 0 Å². The van der Waals surface area contributed by atoms with E-state index in [1.165, 1.54) is 5.56 Å². The van der Waals surface area contributed by atoms with Crippen molar-refractivity contribution in [2.45, 2.75) is 6.92 Å². The Labute approximate surface area is 87.8 Å². The van der Waals surface area contributed by atoms with Crippen LogP contribution in [0.5, 0.6) is 0 Å². The van der Waals surface area contributed by atoms with Crippen LogP contribution in [0.25, 0.3) is 0 Å². The summed E-state index contributed by atoms with van der Waals surface area (Å²) >= 11 is 0. The maximum absolute atomic E-state index is 3.88. The summed E-state index contributed by atoms with van der Waals surface area (Å²) < 4.78 is 0. The van der Waals surface area contributed by atoms with Gasteiger partial charge in [-0.25, -0.2) is 0 Å². The Balaban J connectivity index is -0.0000000612. The van der Waals surface area contributed by atoms with Gasteiger partial charge in [0.1, 0.15) is 0 Å². The summed E-state index contributed by atoms with van der Waals surface area (Å²) in [5.41, 5.74) is 1.21. The molecule has 0 amide bonds. The molecule has 11 heavy (non-hydrogen) atoms. The Bertz CT molecular complexity index is 148. The van der Waals surface area contributed by atoms with Gasteiger partial charge in [0, 0.05) is 12.4 Å². The smallest absolute Gasteiger partial charge is 1.00 e. The molecule has 1 aromatic heterocycles. The van der Waals surface area contributed by atoms with Crippen LogP contribution in [0.15, 0.2) is 24.5 Å². The summed E-state index contributed by atoms with van der Waals surface area (Å²) in [4.78, 5) is 3.88. The first-order valence-corrected chi connectivity index (χ1v) is 2.26. The number of aryl methyl sites for hydroxylation is 1. The Kier molecular flexibility index (Phi) is 25.9. The molecule has 0 aliphatic carbocycles. The van der Waals surface area contributed by atoms with Crippen molar-refractivity contribution in [1.82, 2.24) is 17.3 Å². The molecule has 6 N–H and O–H groups in total. The van der Waals surface area contributed by atoms with E-state index < -0.39 is 0 Å². The van der Waals surface area contributed by atoms with Crippen molar-refractivity contribution in [1.29, 1.82) is 0 Å². The van der Waals surface area contributed by atoms with Gasteiger partial charge in [-0.1, -0.05) is 6.07 Å². The van der Waals surface area contributed by atoms with Crippen molar-refractivity contribution in [3.63, 3.8) is 0 Å². The fourth-order valence-corrected chi connectivity index (χ4v) is 0.448. The molecule has 0 aliphatic heterocycles. The van der Waals surface area contributed by atoms with E-state index in [1.807, 2.05) is 25.3 Å². The third-order valence-corrected chi connectivity index (χ3v) is 0.809. The molecule has 0 radical (unpaired) electrons. The first-order valence-electron chi connectivity index (χ1n) is 2.26. The molecule has 0 saturated carbocycles. The van der Waals surface area contributed by atoms with Gasteiger partial charge < -0.3 is 24.7 Å². The molecule has 68 valence electrons. The Morgan fingerprint density at radius 3 is 2.00 bits per heavy atom. The molecule has 0 fully saturated rings. The second-order valence-corrected chi connectivity index (χ2v) is 1.53. The third kappa shape index (κ3) is 10.0. The Morgan fingerprint density at radius 2 is 1.82 bits per heavy atom. The summed E-state index contributed by atoms with van der Waals surface area (Å²) in [7, 11) is 0. The maximum Gasteiger partial charge on any atom is 2.00 e. The molecular weight excluding hydrogens is 345 g/mol. The van der Waals surface area contributed by atoms with E-state index in [2.05, 4.69) is 4.98 Å². The summed E-state index contributed by atoms with van der Waals surface area (Å²) in [5.74, 6) is 0. The molecule has 0 bridgehead atoms. The Hall–Kier alpha value is 0.0483. The SMILES string of the molecule is Cc1cccnc1.N.N.[Cl-].[Pt+2]. The quantitative estimate of drug-likeness (QED) is 0.606. The molecule has 0 saturated heterocycles. The maximum atomic E-state index is 3.88. The molecule has 1 rings (SSSR count). The number of hydrogen-bond acceptors (Lipinski definition) is 3. The van der Waals surface area contributed by atoms with Gasteiger partial charge in [-0.05, 0) is 18.6 Å². The van der Waals surface area contributed by atoms with Crippen molar-refractivity contribution in [2.75, 3.05) is 0 Å². The minimum atomic E-state index is 0. The van der Waals surface area contributed by atoms with Gasteiger partial charge in [0.05, 0.1) is 0 Å². The summed E-state index contributed by atoms with van der Waals surface area (Å²) in [6.45, 7) is 2.02. The molecule has 0 aromatic carbocycles. The fourth-order valence-electron chi connectivity index (χ4n) is 0.448. The number of hydrogen-bond donors (Lipinski definition) is 2. The van der Waals surface area contributed by atoms with Crippen molar-refractivity contribution in [3.8, 4) is 0 Å². The molecule has 3 nitrogen and oxygen atoms in total. The van der Waals surface area contributed by atoms with Crippen LogP contribution >= 0.6 is 0 Å². The van der Waals surface area contributed by atoms with Crippen molar-refractivity contribution in [2.24, 2.45) is 0 Å². The van der Waals surface area contributed by atoms with Crippen LogP contribution in [0.2, 0.25) is 0 Å². The van der Waals surface area contributed by atoms with Crippen LogP contribution in [-0.2, 0) is 21.1 Å². The second kappa shape index (κ2) is 12.7. The van der Waals surface area contributed by atoms with Crippen LogP contribution in [0, 0.1) is 6.92 Å². The monoisotopic (exact) mass is 357 g/mol. The van der Waals surface area contributed by atoms with E-state index in [0.717, 1.165) is 0 Å². The molecule has 0 spiro atoms. The summed E-state index contributed by atoms with van der Waals surface area (Å²) in [5, 5.41) is 0. The molecule has 5 heteroatoms. The first kappa shape index (κ1) is 22.5. The van der Waals surface area contributed by atoms with Gasteiger partial charge in [-0.2, -0.15) is 0 Å². The minimum absolute atomic E-state index is 0. The van der Waals surface area contributed by atoms with Crippen LogP contribution < -0.4 is 24.7 Å². The zero-order valence-electron chi connectivity index (χ0n) is 6.37. The van der Waals surface area contributed by atoms with Crippen LogP contribution in [0.1, 0.15) is 5.56 Å². The Morgan fingerprint density at radius 1 is 1.27 bits per heavy atom. The van der Waals surface area contributed by atoms with Gasteiger partial charge in [0.25, 0.3) is 0 Å². The zero-order valence-corrected chi connectivity index (χ0v) is 9.39. The summed E-state index contributed by atoms with van der Waals surface area (Å²) in [6, 6.07) is 3.95. The van der Waals surface area contributed by atoms with Gasteiger partial charge in [0.15, 0.2) is 0 Å². The number of rotatable bonds is 0. The van der Waals surface area contributed by atoms with Gasteiger partial charge in [0.2, 0.25) is 0 Å². The molecule has 0 unspecified atom stereocenters. The topological polar surface area (TPSA) is 82.9 Å². The normalized spacial score (nSPS) is 5.55. The van der Waals surface area contributed by atoms with Gasteiger partial charge in [-0.3, -0.25) is 4.98 Å². The van der Waals surface area contributed by atoms with E-state index in [9.17, 15) is 0 Å². The molecular formula is C6H13ClN3Pt+. The number of nitrogens with zero attached hydrogens (tertiary/aromatic N) is 1. The zero-order chi connectivity index (χ0) is 5.11. The average Bonchev–Trinajstić information content (AvgIpc) is 1.69. The van der Waals surface area contributed by atoms with E-state index in [-0.39, 0.29) is 45.8 Å². The van der Waals surface area contributed by atoms with Crippen molar-refractivity contribution >= 4 is 0 Å². The van der Waals surface area contributed by atoms with Gasteiger partial charge >= 0.3 is 21.1 Å². The fraction of sp³-hybridized carbons (Fsp3) is 0.167. The molecule has 0 atom stereocenters.